The lowest BCUT2D eigenvalue weighted by Gasteiger charge is -2.09. The molecule has 22 heavy (non-hydrogen) atoms. The first-order chi connectivity index (χ1) is 10.7. The number of nitrogens with zero attached hydrogens (tertiary/aromatic N) is 2. The third-order valence-electron chi connectivity index (χ3n) is 3.94. The summed E-state index contributed by atoms with van der Waals surface area (Å²) in [5, 5.41) is 5.19. The molecule has 2 aromatic carbocycles. The number of aromatic nitrogens is 2. The van der Waals surface area contributed by atoms with E-state index in [9.17, 15) is 0 Å². The molecule has 2 heterocycles. The molecule has 0 aliphatic carbocycles. The van der Waals surface area contributed by atoms with Gasteiger partial charge in [0.25, 0.3) is 0 Å². The van der Waals surface area contributed by atoms with Crippen LogP contribution >= 0.6 is 11.6 Å². The van der Waals surface area contributed by atoms with Crippen molar-refractivity contribution >= 4 is 28.3 Å². The summed E-state index contributed by atoms with van der Waals surface area (Å²) < 4.78 is 0. The van der Waals surface area contributed by atoms with E-state index in [0.717, 1.165) is 34.0 Å². The molecule has 1 atom stereocenters. The zero-order valence-electron chi connectivity index (χ0n) is 12.1. The van der Waals surface area contributed by atoms with E-state index in [2.05, 4.69) is 39.6 Å². The maximum atomic E-state index is 5.94. The van der Waals surface area contributed by atoms with Gasteiger partial charge in [0, 0.05) is 11.4 Å². The highest BCUT2D eigenvalue weighted by Crippen LogP contribution is 2.25. The van der Waals surface area contributed by atoms with Gasteiger partial charge < -0.3 is 10.4 Å². The van der Waals surface area contributed by atoms with E-state index < -0.39 is 0 Å². The Labute approximate surface area is 133 Å². The molecule has 5 heteroatoms. The molecule has 0 amide bonds. The lowest BCUT2D eigenvalue weighted by Crippen LogP contribution is -2.09. The number of hydrogen-bond donors (Lipinski definition) is 2. The maximum Gasteiger partial charge on any atom is 0.154 e. The van der Waals surface area contributed by atoms with Gasteiger partial charge in [0.2, 0.25) is 0 Å². The lowest BCUT2D eigenvalue weighted by atomic mass is 10.0. The Morgan fingerprint density at radius 1 is 1.14 bits per heavy atom. The first-order valence-electron chi connectivity index (χ1n) is 7.23. The average molecular weight is 311 g/mol. The Balaban J connectivity index is 1.59. The molecule has 0 bridgehead atoms. The van der Waals surface area contributed by atoms with Crippen molar-refractivity contribution in [1.29, 1.82) is 0 Å². The minimum Gasteiger partial charge on any atom is -0.337 e. The number of aryl methyl sites for hydroxylation is 1. The van der Waals surface area contributed by atoms with Gasteiger partial charge in [-0.2, -0.15) is 5.10 Å². The van der Waals surface area contributed by atoms with Crippen LogP contribution in [0.15, 0.2) is 47.6 Å². The fourth-order valence-corrected chi connectivity index (χ4v) is 2.86. The molecule has 1 aliphatic heterocycles. The van der Waals surface area contributed by atoms with Crippen LogP contribution in [0.25, 0.3) is 11.0 Å². The fourth-order valence-electron chi connectivity index (χ4n) is 2.74. The number of H-pyrrole nitrogens is 1. The van der Waals surface area contributed by atoms with E-state index in [1.807, 2.05) is 30.3 Å². The highest BCUT2D eigenvalue weighted by atomic mass is 35.5. The lowest BCUT2D eigenvalue weighted by molar-refractivity contribution is 0.620. The number of hydrazone groups is 1. The van der Waals surface area contributed by atoms with Crippen LogP contribution in [-0.4, -0.2) is 15.7 Å². The molecule has 0 radical (unpaired) electrons. The van der Waals surface area contributed by atoms with Crippen LogP contribution in [0, 0.1) is 6.92 Å². The average Bonchev–Trinajstić information content (AvgIpc) is 3.13. The number of halogens is 1. The molecule has 0 spiro atoms. The Morgan fingerprint density at radius 3 is 2.77 bits per heavy atom. The molecular formula is C17H15ClN4. The van der Waals surface area contributed by atoms with Crippen LogP contribution in [-0.2, 0) is 0 Å². The van der Waals surface area contributed by atoms with Crippen molar-refractivity contribution in [2.45, 2.75) is 19.4 Å². The van der Waals surface area contributed by atoms with Crippen molar-refractivity contribution in [2.75, 3.05) is 0 Å². The van der Waals surface area contributed by atoms with Gasteiger partial charge in [-0.05, 0) is 42.3 Å². The van der Waals surface area contributed by atoms with Crippen LogP contribution in [0.5, 0.6) is 0 Å². The van der Waals surface area contributed by atoms with Gasteiger partial charge >= 0.3 is 0 Å². The second kappa shape index (κ2) is 5.14. The highest BCUT2D eigenvalue weighted by molar-refractivity contribution is 6.30. The summed E-state index contributed by atoms with van der Waals surface area (Å²) in [4.78, 5) is 7.99. The Kier molecular flexibility index (Phi) is 3.12. The van der Waals surface area contributed by atoms with E-state index >= 15 is 0 Å². The van der Waals surface area contributed by atoms with Gasteiger partial charge in [-0.15, -0.1) is 0 Å². The van der Waals surface area contributed by atoms with Gasteiger partial charge in [0.15, 0.2) is 5.82 Å². The summed E-state index contributed by atoms with van der Waals surface area (Å²) in [6, 6.07) is 14.2. The SMILES string of the molecule is Cc1ccc2nc(C3=NNC(c4ccc(Cl)cc4)C3)[nH]c2c1. The maximum absolute atomic E-state index is 5.94. The van der Waals surface area contributed by atoms with Gasteiger partial charge in [-0.25, -0.2) is 4.98 Å². The monoisotopic (exact) mass is 310 g/mol. The first-order valence-corrected chi connectivity index (χ1v) is 7.61. The van der Waals surface area contributed by atoms with Crippen molar-refractivity contribution in [3.63, 3.8) is 0 Å². The van der Waals surface area contributed by atoms with E-state index in [1.165, 1.54) is 11.1 Å². The summed E-state index contributed by atoms with van der Waals surface area (Å²) >= 11 is 5.94. The number of hydrogen-bond acceptors (Lipinski definition) is 3. The van der Waals surface area contributed by atoms with Crippen molar-refractivity contribution in [1.82, 2.24) is 15.4 Å². The Bertz CT molecular complexity index is 864. The molecule has 1 aliphatic rings. The van der Waals surface area contributed by atoms with Crippen LogP contribution in [0.3, 0.4) is 0 Å². The van der Waals surface area contributed by atoms with Gasteiger partial charge in [-0.3, -0.25) is 0 Å². The third-order valence-corrected chi connectivity index (χ3v) is 4.19. The van der Waals surface area contributed by atoms with Gasteiger partial charge in [-0.1, -0.05) is 29.8 Å². The standard InChI is InChI=1S/C17H15ClN4/c1-10-2-7-13-15(8-10)20-17(19-13)16-9-14(21-22-16)11-3-5-12(18)6-4-11/h2-8,14,21H,9H2,1H3,(H,19,20). The molecule has 4 nitrogen and oxygen atoms in total. The van der Waals surface area contributed by atoms with E-state index in [0.29, 0.717) is 0 Å². The normalized spacial score (nSPS) is 17.5. The summed E-state index contributed by atoms with van der Waals surface area (Å²) in [5.74, 6) is 0.838. The smallest absolute Gasteiger partial charge is 0.154 e. The Hall–Kier alpha value is -2.33. The number of rotatable bonds is 2. The molecule has 110 valence electrons. The minimum absolute atomic E-state index is 0.169. The largest absolute Gasteiger partial charge is 0.337 e. The van der Waals surface area contributed by atoms with E-state index in [4.69, 9.17) is 11.6 Å². The van der Waals surface area contributed by atoms with Crippen molar-refractivity contribution < 1.29 is 0 Å². The predicted octanol–water partition coefficient (Wildman–Crippen LogP) is 3.96. The number of benzene rings is 2. The van der Waals surface area contributed by atoms with E-state index in [1.54, 1.807) is 0 Å². The molecule has 1 aromatic heterocycles. The summed E-state index contributed by atoms with van der Waals surface area (Å²) in [6.45, 7) is 2.07. The molecule has 0 saturated carbocycles. The second-order valence-corrected chi connectivity index (χ2v) is 6.04. The fraction of sp³-hybridized carbons (Fsp3) is 0.176. The molecule has 4 rings (SSSR count). The highest BCUT2D eigenvalue weighted by Gasteiger charge is 2.23. The van der Waals surface area contributed by atoms with Crippen LogP contribution in [0.4, 0.5) is 0 Å². The number of nitrogens with one attached hydrogen (secondary N) is 2. The van der Waals surface area contributed by atoms with Crippen molar-refractivity contribution in [3.05, 3.63) is 64.4 Å². The van der Waals surface area contributed by atoms with Crippen molar-refractivity contribution in [3.8, 4) is 0 Å². The third kappa shape index (κ3) is 2.35. The molecule has 2 N–H and O–H groups in total. The summed E-state index contributed by atoms with van der Waals surface area (Å²) in [5.41, 5.74) is 8.55. The topological polar surface area (TPSA) is 53.1 Å². The molecular weight excluding hydrogens is 296 g/mol. The number of aromatic amines is 1. The molecule has 3 aromatic rings. The minimum atomic E-state index is 0.169. The molecule has 0 saturated heterocycles. The van der Waals surface area contributed by atoms with Gasteiger partial charge in [0.05, 0.1) is 17.1 Å². The molecule has 1 unspecified atom stereocenters. The second-order valence-electron chi connectivity index (χ2n) is 5.60. The van der Waals surface area contributed by atoms with Crippen LogP contribution in [0.2, 0.25) is 5.02 Å². The Morgan fingerprint density at radius 2 is 1.95 bits per heavy atom. The number of imidazole rings is 1. The van der Waals surface area contributed by atoms with E-state index in [-0.39, 0.29) is 6.04 Å². The zero-order valence-corrected chi connectivity index (χ0v) is 12.9. The molecule has 0 fully saturated rings. The summed E-state index contributed by atoms with van der Waals surface area (Å²) in [6.07, 6.45) is 0.806. The quantitative estimate of drug-likeness (QED) is 0.752. The predicted molar refractivity (Wildman–Crippen MR) is 89.3 cm³/mol. The van der Waals surface area contributed by atoms with Crippen molar-refractivity contribution in [2.24, 2.45) is 5.10 Å². The number of fused-ring (bicyclic) bond motifs is 1. The van der Waals surface area contributed by atoms with Crippen LogP contribution < -0.4 is 5.43 Å². The summed E-state index contributed by atoms with van der Waals surface area (Å²) in [7, 11) is 0. The van der Waals surface area contributed by atoms with Crippen LogP contribution in [0.1, 0.15) is 29.4 Å². The first kappa shape index (κ1) is 13.3. The zero-order chi connectivity index (χ0) is 15.1. The van der Waals surface area contributed by atoms with Gasteiger partial charge in [0.1, 0.15) is 5.71 Å².